The first-order valence-corrected chi connectivity index (χ1v) is 7.56. The Morgan fingerprint density at radius 1 is 1.05 bits per heavy atom. The molecule has 0 radical (unpaired) electrons. The fourth-order valence-corrected chi connectivity index (χ4v) is 2.95. The summed E-state index contributed by atoms with van der Waals surface area (Å²) in [7, 11) is -3.88. The van der Waals surface area contributed by atoms with E-state index in [4.69, 9.17) is 28.9 Å². The Kier molecular flexibility index (Phi) is 4.08. The number of hydrogen-bond donors (Lipinski definition) is 2. The summed E-state index contributed by atoms with van der Waals surface area (Å²) in [5, 5.41) is 0.355. The lowest BCUT2D eigenvalue weighted by Gasteiger charge is -2.10. The highest BCUT2D eigenvalue weighted by atomic mass is 35.5. The summed E-state index contributed by atoms with van der Waals surface area (Å²) in [5.74, 6) is -0.556. The predicted molar refractivity (Wildman–Crippen MR) is 78.1 cm³/mol. The van der Waals surface area contributed by atoms with E-state index >= 15 is 0 Å². The molecule has 0 aliphatic rings. The normalized spacial score (nSPS) is 11.3. The van der Waals surface area contributed by atoms with E-state index in [2.05, 4.69) is 4.72 Å². The molecule has 0 aliphatic carbocycles. The summed E-state index contributed by atoms with van der Waals surface area (Å²) in [6.45, 7) is 0. The number of benzene rings is 2. The highest BCUT2D eigenvalue weighted by Crippen LogP contribution is 2.27. The molecule has 0 amide bonds. The maximum absolute atomic E-state index is 12.9. The third-order valence-corrected chi connectivity index (χ3v) is 4.56. The Morgan fingerprint density at radius 2 is 1.75 bits per heavy atom. The van der Waals surface area contributed by atoms with Crippen molar-refractivity contribution in [1.29, 1.82) is 0 Å². The van der Waals surface area contributed by atoms with Crippen molar-refractivity contribution in [3.8, 4) is 0 Å². The molecular weight excluding hydrogens is 326 g/mol. The van der Waals surface area contributed by atoms with E-state index in [0.717, 1.165) is 12.1 Å². The molecule has 2 aromatic rings. The van der Waals surface area contributed by atoms with E-state index in [0.29, 0.717) is 0 Å². The van der Waals surface area contributed by atoms with Gasteiger partial charge in [-0.15, -0.1) is 0 Å². The quantitative estimate of drug-likeness (QED) is 0.843. The molecule has 0 spiro atoms. The van der Waals surface area contributed by atoms with Crippen LogP contribution in [0.1, 0.15) is 0 Å². The molecule has 0 saturated heterocycles. The van der Waals surface area contributed by atoms with Gasteiger partial charge in [-0.05, 0) is 36.4 Å². The van der Waals surface area contributed by atoms with Gasteiger partial charge < -0.3 is 5.73 Å². The highest BCUT2D eigenvalue weighted by molar-refractivity contribution is 7.92. The Hall–Kier alpha value is -1.50. The smallest absolute Gasteiger partial charge is 0.262 e. The number of hydrogen-bond acceptors (Lipinski definition) is 3. The Morgan fingerprint density at radius 3 is 2.35 bits per heavy atom. The molecule has 0 bridgehead atoms. The van der Waals surface area contributed by atoms with E-state index in [9.17, 15) is 12.8 Å². The number of anilines is 2. The van der Waals surface area contributed by atoms with Crippen LogP contribution in [0.3, 0.4) is 0 Å². The zero-order valence-corrected chi connectivity index (χ0v) is 12.2. The molecule has 3 N–H and O–H groups in total. The van der Waals surface area contributed by atoms with Gasteiger partial charge in [0, 0.05) is 0 Å². The van der Waals surface area contributed by atoms with Crippen molar-refractivity contribution in [2.24, 2.45) is 0 Å². The van der Waals surface area contributed by atoms with Crippen LogP contribution in [0.5, 0.6) is 0 Å². The molecular formula is C12H9Cl2FN2O2S. The zero-order valence-electron chi connectivity index (χ0n) is 9.90. The van der Waals surface area contributed by atoms with Crippen LogP contribution in [0.2, 0.25) is 10.0 Å². The molecule has 0 heterocycles. The molecule has 20 heavy (non-hydrogen) atoms. The first-order valence-electron chi connectivity index (χ1n) is 5.32. The molecule has 0 atom stereocenters. The van der Waals surface area contributed by atoms with Gasteiger partial charge in [0.05, 0.1) is 26.3 Å². The van der Waals surface area contributed by atoms with Crippen LogP contribution in [0.4, 0.5) is 15.8 Å². The van der Waals surface area contributed by atoms with Crippen LogP contribution in [-0.4, -0.2) is 8.42 Å². The van der Waals surface area contributed by atoms with Crippen molar-refractivity contribution >= 4 is 44.6 Å². The van der Waals surface area contributed by atoms with Crippen molar-refractivity contribution in [3.05, 3.63) is 52.3 Å². The Bertz CT molecular complexity index is 766. The number of sulfonamides is 1. The largest absolute Gasteiger partial charge is 0.397 e. The molecule has 8 heteroatoms. The van der Waals surface area contributed by atoms with E-state index in [-0.39, 0.29) is 26.3 Å². The number of nitrogens with one attached hydrogen (secondary N) is 1. The summed E-state index contributed by atoms with van der Waals surface area (Å²) in [4.78, 5) is -0.0735. The van der Waals surface area contributed by atoms with Gasteiger partial charge in [0.2, 0.25) is 0 Å². The van der Waals surface area contributed by atoms with Gasteiger partial charge in [0.25, 0.3) is 10.0 Å². The topological polar surface area (TPSA) is 72.2 Å². The predicted octanol–water partition coefficient (Wildman–Crippen LogP) is 3.52. The summed E-state index contributed by atoms with van der Waals surface area (Å²) in [6, 6.07) is 7.24. The Balaban J connectivity index is 2.38. The van der Waals surface area contributed by atoms with Crippen LogP contribution < -0.4 is 10.5 Å². The first-order chi connectivity index (χ1) is 9.29. The van der Waals surface area contributed by atoms with Crippen molar-refractivity contribution < 1.29 is 12.8 Å². The third kappa shape index (κ3) is 3.15. The van der Waals surface area contributed by atoms with Crippen LogP contribution >= 0.6 is 23.2 Å². The summed E-state index contributed by atoms with van der Waals surface area (Å²) < 4.78 is 39.4. The van der Waals surface area contributed by atoms with Gasteiger partial charge >= 0.3 is 0 Å². The van der Waals surface area contributed by atoms with Crippen molar-refractivity contribution in [2.75, 3.05) is 10.5 Å². The van der Waals surface area contributed by atoms with Gasteiger partial charge in [-0.3, -0.25) is 4.72 Å². The van der Waals surface area contributed by atoms with Crippen molar-refractivity contribution in [1.82, 2.24) is 0 Å². The minimum Gasteiger partial charge on any atom is -0.397 e. The zero-order chi connectivity index (χ0) is 14.9. The molecule has 0 fully saturated rings. The minimum atomic E-state index is -3.88. The molecule has 2 rings (SSSR count). The summed E-state index contributed by atoms with van der Waals surface area (Å²) >= 11 is 11.5. The van der Waals surface area contributed by atoms with Gasteiger partial charge in [-0.1, -0.05) is 23.2 Å². The lowest BCUT2D eigenvalue weighted by molar-refractivity contribution is 0.601. The maximum Gasteiger partial charge on any atom is 0.262 e. The number of halogens is 3. The second-order valence-electron chi connectivity index (χ2n) is 3.91. The fraction of sp³-hybridized carbons (Fsp3) is 0. The molecule has 106 valence electrons. The number of rotatable bonds is 3. The first kappa shape index (κ1) is 14.9. The standard InChI is InChI=1S/C12H9Cl2FN2O2S/c13-9-3-2-8(6-10(9)14)20(18,19)17-12-4-1-7(15)5-11(12)16/h1-6,17H,16H2. The van der Waals surface area contributed by atoms with E-state index in [1.807, 2.05) is 0 Å². The Labute approximate surface area is 125 Å². The average Bonchev–Trinajstić information content (AvgIpc) is 2.36. The lowest BCUT2D eigenvalue weighted by Crippen LogP contribution is -2.14. The van der Waals surface area contributed by atoms with Crippen molar-refractivity contribution in [2.45, 2.75) is 4.90 Å². The highest BCUT2D eigenvalue weighted by Gasteiger charge is 2.17. The second kappa shape index (κ2) is 5.47. The van der Waals surface area contributed by atoms with Crippen LogP contribution in [-0.2, 0) is 10.0 Å². The van der Waals surface area contributed by atoms with Gasteiger partial charge in [0.1, 0.15) is 5.82 Å². The number of nitrogen functional groups attached to an aromatic ring is 1. The minimum absolute atomic E-state index is 0.0198. The fourth-order valence-electron chi connectivity index (χ4n) is 1.47. The summed E-state index contributed by atoms with van der Waals surface area (Å²) in [6.07, 6.45) is 0. The van der Waals surface area contributed by atoms with Gasteiger partial charge in [-0.2, -0.15) is 0 Å². The summed E-state index contributed by atoms with van der Waals surface area (Å²) in [5.41, 5.74) is 5.61. The maximum atomic E-state index is 12.9. The van der Waals surface area contributed by atoms with Crippen LogP contribution in [0, 0.1) is 5.82 Å². The molecule has 4 nitrogen and oxygen atoms in total. The van der Waals surface area contributed by atoms with E-state index in [1.54, 1.807) is 0 Å². The average molecular weight is 335 g/mol. The van der Waals surface area contributed by atoms with E-state index in [1.165, 1.54) is 24.3 Å². The molecule has 0 aliphatic heterocycles. The molecule has 0 unspecified atom stereocenters. The van der Waals surface area contributed by atoms with Crippen molar-refractivity contribution in [3.63, 3.8) is 0 Å². The third-order valence-electron chi connectivity index (χ3n) is 2.46. The van der Waals surface area contributed by atoms with Gasteiger partial charge in [0.15, 0.2) is 0 Å². The van der Waals surface area contributed by atoms with Crippen LogP contribution in [0.15, 0.2) is 41.3 Å². The van der Waals surface area contributed by atoms with Gasteiger partial charge in [-0.25, -0.2) is 12.8 Å². The SMILES string of the molecule is Nc1cc(F)ccc1NS(=O)(=O)c1ccc(Cl)c(Cl)c1. The second-order valence-corrected chi connectivity index (χ2v) is 6.41. The molecule has 0 saturated carbocycles. The lowest BCUT2D eigenvalue weighted by atomic mass is 10.3. The molecule has 2 aromatic carbocycles. The number of nitrogens with two attached hydrogens (primary N) is 1. The van der Waals surface area contributed by atoms with Crippen LogP contribution in [0.25, 0.3) is 0 Å². The van der Waals surface area contributed by atoms with E-state index < -0.39 is 15.8 Å². The monoisotopic (exact) mass is 334 g/mol. The molecule has 0 aromatic heterocycles.